The molecule has 1 amide bonds. The van der Waals surface area contributed by atoms with Crippen LogP contribution in [0.25, 0.3) is 6.08 Å². The molecular weight excluding hydrogens is 324 g/mol. The van der Waals surface area contributed by atoms with Crippen molar-refractivity contribution in [2.24, 2.45) is 0 Å². The molecule has 0 bridgehead atoms. The molecule has 0 saturated carbocycles. The van der Waals surface area contributed by atoms with Crippen molar-refractivity contribution in [3.63, 3.8) is 0 Å². The fourth-order valence-electron chi connectivity index (χ4n) is 2.54. The van der Waals surface area contributed by atoms with Crippen molar-refractivity contribution < 1.29 is 9.53 Å². The summed E-state index contributed by atoms with van der Waals surface area (Å²) >= 11 is 0. The van der Waals surface area contributed by atoms with Crippen LogP contribution in [0.2, 0.25) is 0 Å². The number of ether oxygens (including phenoxy) is 1. The summed E-state index contributed by atoms with van der Waals surface area (Å²) in [5.41, 5.74) is 2.88. The molecule has 0 unspecified atom stereocenters. The van der Waals surface area contributed by atoms with Crippen molar-refractivity contribution in [1.29, 1.82) is 0 Å². The maximum Gasteiger partial charge on any atom is 0.248 e. The number of rotatable bonds is 9. The Bertz CT molecular complexity index is 719. The summed E-state index contributed by atoms with van der Waals surface area (Å²) < 4.78 is 5.87. The minimum Gasteiger partial charge on any atom is -0.490 e. The Morgan fingerprint density at radius 1 is 1.08 bits per heavy atom. The average molecular weight is 352 g/mol. The van der Waals surface area contributed by atoms with Gasteiger partial charge in [-0.1, -0.05) is 55.8 Å². The van der Waals surface area contributed by atoms with Gasteiger partial charge in [0.25, 0.3) is 0 Å². The number of para-hydroxylation sites is 2. The SMILES string of the molecule is CCN(CC)CCOc1ccccc1NC(=O)/C=C/c1ccc(C)cc1. The largest absolute Gasteiger partial charge is 0.490 e. The summed E-state index contributed by atoms with van der Waals surface area (Å²) in [6.45, 7) is 9.77. The fourth-order valence-corrected chi connectivity index (χ4v) is 2.54. The Morgan fingerprint density at radius 2 is 1.77 bits per heavy atom. The van der Waals surface area contributed by atoms with Gasteiger partial charge in [0.15, 0.2) is 0 Å². The van der Waals surface area contributed by atoms with Crippen molar-refractivity contribution >= 4 is 17.7 Å². The predicted octanol–water partition coefficient (Wildman–Crippen LogP) is 4.37. The van der Waals surface area contributed by atoms with Crippen molar-refractivity contribution in [3.05, 3.63) is 65.7 Å². The first-order valence-electron chi connectivity index (χ1n) is 9.12. The molecule has 0 fully saturated rings. The molecule has 4 nitrogen and oxygen atoms in total. The van der Waals surface area contributed by atoms with E-state index in [0.717, 1.165) is 25.2 Å². The van der Waals surface area contributed by atoms with Crippen molar-refractivity contribution in [3.8, 4) is 5.75 Å². The summed E-state index contributed by atoms with van der Waals surface area (Å²) in [5, 5.41) is 2.89. The van der Waals surface area contributed by atoms with Crippen molar-refractivity contribution in [2.75, 3.05) is 31.6 Å². The van der Waals surface area contributed by atoms with Crippen LogP contribution in [0.4, 0.5) is 5.69 Å². The second kappa shape index (κ2) is 10.4. The van der Waals surface area contributed by atoms with Crippen molar-refractivity contribution in [2.45, 2.75) is 20.8 Å². The molecule has 0 aromatic heterocycles. The van der Waals surface area contributed by atoms with E-state index in [1.54, 1.807) is 6.08 Å². The second-order valence-corrected chi connectivity index (χ2v) is 6.10. The smallest absolute Gasteiger partial charge is 0.248 e. The molecule has 0 aliphatic rings. The monoisotopic (exact) mass is 352 g/mol. The van der Waals surface area contributed by atoms with Crippen LogP contribution in [0, 0.1) is 6.92 Å². The van der Waals surface area contributed by atoms with Gasteiger partial charge in [-0.15, -0.1) is 0 Å². The third-order valence-corrected chi connectivity index (χ3v) is 4.21. The number of carbonyl (C=O) groups excluding carboxylic acids is 1. The number of hydrogen-bond acceptors (Lipinski definition) is 3. The lowest BCUT2D eigenvalue weighted by atomic mass is 10.1. The molecule has 0 aliphatic carbocycles. The van der Waals surface area contributed by atoms with Gasteiger partial charge in [-0.25, -0.2) is 0 Å². The topological polar surface area (TPSA) is 41.6 Å². The number of nitrogens with zero attached hydrogens (tertiary/aromatic N) is 1. The third-order valence-electron chi connectivity index (χ3n) is 4.21. The van der Waals surface area contributed by atoms with Crippen LogP contribution in [-0.4, -0.2) is 37.0 Å². The number of likely N-dealkylation sites (N-methyl/N-ethyl adjacent to an activating group) is 1. The van der Waals surface area contributed by atoms with E-state index in [1.165, 1.54) is 11.6 Å². The molecule has 4 heteroatoms. The highest BCUT2D eigenvalue weighted by Gasteiger charge is 2.06. The van der Waals surface area contributed by atoms with Gasteiger partial charge >= 0.3 is 0 Å². The summed E-state index contributed by atoms with van der Waals surface area (Å²) in [6, 6.07) is 15.5. The number of benzene rings is 2. The Kier molecular flexibility index (Phi) is 7.90. The maximum absolute atomic E-state index is 12.2. The van der Waals surface area contributed by atoms with Crippen LogP contribution >= 0.6 is 0 Å². The van der Waals surface area contributed by atoms with Crippen LogP contribution < -0.4 is 10.1 Å². The predicted molar refractivity (Wildman–Crippen MR) is 109 cm³/mol. The van der Waals surface area contributed by atoms with E-state index in [-0.39, 0.29) is 5.91 Å². The van der Waals surface area contributed by atoms with Gasteiger partial charge in [0, 0.05) is 12.6 Å². The van der Waals surface area contributed by atoms with Crippen LogP contribution in [0.3, 0.4) is 0 Å². The summed E-state index contributed by atoms with van der Waals surface area (Å²) in [5.74, 6) is 0.516. The van der Waals surface area contributed by atoms with E-state index in [0.29, 0.717) is 18.0 Å². The fraction of sp³-hybridized carbons (Fsp3) is 0.318. The molecule has 2 aromatic carbocycles. The van der Waals surface area contributed by atoms with Crippen molar-refractivity contribution in [1.82, 2.24) is 4.90 Å². The minimum absolute atomic E-state index is 0.176. The van der Waals surface area contributed by atoms with Gasteiger partial charge in [0.05, 0.1) is 5.69 Å². The summed E-state index contributed by atoms with van der Waals surface area (Å²) in [6.07, 6.45) is 3.34. The molecule has 2 rings (SSSR count). The molecule has 2 aromatic rings. The first kappa shape index (κ1) is 19.7. The molecule has 0 heterocycles. The van der Waals surface area contributed by atoms with Gasteiger partial charge in [0.2, 0.25) is 5.91 Å². The molecule has 0 saturated heterocycles. The number of amides is 1. The molecular formula is C22H28N2O2. The molecule has 0 spiro atoms. The first-order chi connectivity index (χ1) is 12.6. The number of anilines is 1. The van der Waals surface area contributed by atoms with Gasteiger partial charge < -0.3 is 15.0 Å². The Hall–Kier alpha value is -2.59. The lowest BCUT2D eigenvalue weighted by Gasteiger charge is -2.19. The molecule has 0 atom stereocenters. The van der Waals surface area contributed by atoms with E-state index in [2.05, 4.69) is 24.1 Å². The van der Waals surface area contributed by atoms with Gasteiger partial charge in [-0.3, -0.25) is 4.79 Å². The molecule has 26 heavy (non-hydrogen) atoms. The zero-order chi connectivity index (χ0) is 18.8. The first-order valence-corrected chi connectivity index (χ1v) is 9.12. The van der Waals surface area contributed by atoms with Gasteiger partial charge in [0.1, 0.15) is 12.4 Å². The summed E-state index contributed by atoms with van der Waals surface area (Å²) in [4.78, 5) is 14.5. The van der Waals surface area contributed by atoms with Gasteiger partial charge in [-0.2, -0.15) is 0 Å². The number of nitrogens with one attached hydrogen (secondary N) is 1. The Labute approximate surface area is 156 Å². The standard InChI is InChI=1S/C22H28N2O2/c1-4-24(5-2)16-17-26-21-9-7-6-8-20(21)23-22(25)15-14-19-12-10-18(3)11-13-19/h6-15H,4-5,16-17H2,1-3H3,(H,23,25)/b15-14+. The summed E-state index contributed by atoms with van der Waals surface area (Å²) in [7, 11) is 0. The number of carbonyl (C=O) groups is 1. The lowest BCUT2D eigenvalue weighted by molar-refractivity contribution is -0.111. The van der Waals surface area contributed by atoms with E-state index >= 15 is 0 Å². The highest BCUT2D eigenvalue weighted by molar-refractivity contribution is 6.02. The van der Waals surface area contributed by atoms with E-state index < -0.39 is 0 Å². The normalized spacial score (nSPS) is 11.1. The molecule has 138 valence electrons. The lowest BCUT2D eigenvalue weighted by Crippen LogP contribution is -2.28. The van der Waals surface area contributed by atoms with E-state index in [4.69, 9.17) is 4.74 Å². The zero-order valence-electron chi connectivity index (χ0n) is 15.9. The molecule has 1 N–H and O–H groups in total. The zero-order valence-corrected chi connectivity index (χ0v) is 15.9. The third kappa shape index (κ3) is 6.37. The number of aryl methyl sites for hydroxylation is 1. The van der Waals surface area contributed by atoms with Crippen LogP contribution in [0.1, 0.15) is 25.0 Å². The van der Waals surface area contributed by atoms with Crippen LogP contribution in [0.15, 0.2) is 54.6 Å². The average Bonchev–Trinajstić information content (AvgIpc) is 2.66. The molecule has 0 radical (unpaired) electrons. The quantitative estimate of drug-likeness (QED) is 0.682. The van der Waals surface area contributed by atoms with E-state index in [1.807, 2.05) is 55.5 Å². The van der Waals surface area contributed by atoms with E-state index in [9.17, 15) is 4.79 Å². The van der Waals surface area contributed by atoms with Crippen LogP contribution in [-0.2, 0) is 4.79 Å². The minimum atomic E-state index is -0.176. The maximum atomic E-state index is 12.2. The van der Waals surface area contributed by atoms with Gasteiger partial charge in [-0.05, 0) is 43.8 Å². The highest BCUT2D eigenvalue weighted by Crippen LogP contribution is 2.23. The number of hydrogen-bond donors (Lipinski definition) is 1. The Morgan fingerprint density at radius 3 is 2.46 bits per heavy atom. The molecule has 0 aliphatic heterocycles. The highest BCUT2D eigenvalue weighted by atomic mass is 16.5. The second-order valence-electron chi connectivity index (χ2n) is 6.10. The van der Waals surface area contributed by atoms with Crippen LogP contribution in [0.5, 0.6) is 5.75 Å². The Balaban J connectivity index is 1.94.